The Morgan fingerprint density at radius 2 is 2.16 bits per heavy atom. The molecule has 0 aliphatic heterocycles. The average Bonchev–Trinajstić information content (AvgIpc) is 2.86. The molecule has 0 saturated heterocycles. The van der Waals surface area contributed by atoms with Crippen LogP contribution in [0.1, 0.15) is 18.4 Å². The van der Waals surface area contributed by atoms with Crippen molar-refractivity contribution in [3.05, 3.63) is 29.7 Å². The molecule has 0 aliphatic carbocycles. The van der Waals surface area contributed by atoms with Crippen LogP contribution in [0.2, 0.25) is 0 Å². The van der Waals surface area contributed by atoms with Crippen molar-refractivity contribution >= 4 is 11.7 Å². The fourth-order valence-corrected chi connectivity index (χ4v) is 1.63. The summed E-state index contributed by atoms with van der Waals surface area (Å²) >= 11 is 0. The second-order valence-corrected chi connectivity index (χ2v) is 4.09. The Kier molecular flexibility index (Phi) is 4.35. The zero-order valence-corrected chi connectivity index (χ0v) is 11.4. The number of ether oxygens (including phenoxy) is 1. The topological polar surface area (TPSA) is 72.2 Å². The van der Waals surface area contributed by atoms with Gasteiger partial charge in [-0.15, -0.1) is 5.10 Å². The van der Waals surface area contributed by atoms with Gasteiger partial charge in [-0.25, -0.2) is 0 Å². The molecular weight excluding hydrogens is 244 g/mol. The second-order valence-electron chi connectivity index (χ2n) is 4.09. The first-order chi connectivity index (χ1) is 9.22. The smallest absolute Gasteiger partial charge is 0.320 e. The largest absolute Gasteiger partial charge is 0.497 e. The van der Waals surface area contributed by atoms with Crippen molar-refractivity contribution in [3.8, 4) is 5.75 Å². The number of nitrogens with one attached hydrogen (secondary N) is 2. The summed E-state index contributed by atoms with van der Waals surface area (Å²) in [5.41, 5.74) is 1.96. The first-order valence-electron chi connectivity index (χ1n) is 6.17. The third kappa shape index (κ3) is 3.45. The van der Waals surface area contributed by atoms with Crippen LogP contribution in [0.4, 0.5) is 11.7 Å². The molecule has 0 spiro atoms. The SMILES string of the molecule is CCNCc1nnc(Nc2ccc(OC)cc2C)o1. The summed E-state index contributed by atoms with van der Waals surface area (Å²) in [6, 6.07) is 6.13. The van der Waals surface area contributed by atoms with Crippen molar-refractivity contribution in [2.24, 2.45) is 0 Å². The Labute approximate surface area is 112 Å². The Morgan fingerprint density at radius 1 is 1.32 bits per heavy atom. The van der Waals surface area contributed by atoms with Crippen LogP contribution in [0, 0.1) is 6.92 Å². The summed E-state index contributed by atoms with van der Waals surface area (Å²) in [7, 11) is 1.65. The summed E-state index contributed by atoms with van der Waals surface area (Å²) in [6.07, 6.45) is 0. The lowest BCUT2D eigenvalue weighted by atomic mass is 10.2. The van der Waals surface area contributed by atoms with Crippen LogP contribution in [0.25, 0.3) is 0 Å². The summed E-state index contributed by atoms with van der Waals surface area (Å²) in [6.45, 7) is 5.45. The van der Waals surface area contributed by atoms with Gasteiger partial charge in [0.1, 0.15) is 5.75 Å². The molecule has 1 aromatic carbocycles. The lowest BCUT2D eigenvalue weighted by Crippen LogP contribution is -2.11. The van der Waals surface area contributed by atoms with E-state index in [1.165, 1.54) is 0 Å². The molecule has 2 aromatic rings. The molecule has 0 fully saturated rings. The van der Waals surface area contributed by atoms with Crippen LogP contribution < -0.4 is 15.4 Å². The van der Waals surface area contributed by atoms with Gasteiger partial charge in [0.25, 0.3) is 0 Å². The van der Waals surface area contributed by atoms with E-state index in [2.05, 4.69) is 20.8 Å². The Balaban J connectivity index is 2.06. The lowest BCUT2D eigenvalue weighted by Gasteiger charge is -2.07. The number of hydrogen-bond acceptors (Lipinski definition) is 6. The Morgan fingerprint density at radius 3 is 2.84 bits per heavy atom. The molecule has 0 unspecified atom stereocenters. The number of hydrogen-bond donors (Lipinski definition) is 2. The minimum Gasteiger partial charge on any atom is -0.497 e. The van der Waals surface area contributed by atoms with Gasteiger partial charge in [-0.05, 0) is 37.2 Å². The van der Waals surface area contributed by atoms with Gasteiger partial charge in [-0.2, -0.15) is 0 Å². The highest BCUT2D eigenvalue weighted by molar-refractivity contribution is 5.58. The van der Waals surface area contributed by atoms with E-state index >= 15 is 0 Å². The number of methoxy groups -OCH3 is 1. The molecule has 0 radical (unpaired) electrons. The molecule has 2 rings (SSSR count). The highest BCUT2D eigenvalue weighted by Crippen LogP contribution is 2.23. The van der Waals surface area contributed by atoms with E-state index < -0.39 is 0 Å². The summed E-state index contributed by atoms with van der Waals surface area (Å²) in [5.74, 6) is 1.39. The Bertz CT molecular complexity index is 539. The standard InChI is InChI=1S/C13H18N4O2/c1-4-14-8-12-16-17-13(19-12)15-11-6-5-10(18-3)7-9(11)2/h5-7,14H,4,8H2,1-3H3,(H,15,17). The third-order valence-electron chi connectivity index (χ3n) is 2.67. The molecule has 0 bridgehead atoms. The molecule has 0 amide bonds. The van der Waals surface area contributed by atoms with Crippen molar-refractivity contribution in [2.45, 2.75) is 20.4 Å². The first kappa shape index (κ1) is 13.4. The average molecular weight is 262 g/mol. The molecule has 102 valence electrons. The van der Waals surface area contributed by atoms with Gasteiger partial charge in [0.05, 0.1) is 13.7 Å². The number of rotatable bonds is 6. The normalized spacial score (nSPS) is 10.5. The number of aryl methyl sites for hydroxylation is 1. The highest BCUT2D eigenvalue weighted by Gasteiger charge is 2.07. The number of benzene rings is 1. The second kappa shape index (κ2) is 6.19. The van der Waals surface area contributed by atoms with Crippen molar-refractivity contribution in [1.82, 2.24) is 15.5 Å². The molecule has 0 aliphatic rings. The molecule has 6 heteroatoms. The number of anilines is 2. The van der Waals surface area contributed by atoms with Gasteiger partial charge < -0.3 is 19.8 Å². The fraction of sp³-hybridized carbons (Fsp3) is 0.385. The van der Waals surface area contributed by atoms with Crippen LogP contribution >= 0.6 is 0 Å². The number of aromatic nitrogens is 2. The number of nitrogens with zero attached hydrogens (tertiary/aromatic N) is 2. The molecule has 0 saturated carbocycles. The predicted molar refractivity (Wildman–Crippen MR) is 72.7 cm³/mol. The van der Waals surface area contributed by atoms with Crippen LogP contribution in [-0.4, -0.2) is 23.9 Å². The zero-order chi connectivity index (χ0) is 13.7. The predicted octanol–water partition coefficient (Wildman–Crippen LogP) is 2.24. The third-order valence-corrected chi connectivity index (χ3v) is 2.67. The Hall–Kier alpha value is -2.08. The van der Waals surface area contributed by atoms with Crippen LogP contribution in [0.15, 0.2) is 22.6 Å². The van der Waals surface area contributed by atoms with Crippen LogP contribution in [-0.2, 0) is 6.54 Å². The molecule has 1 heterocycles. The minimum absolute atomic E-state index is 0.390. The van der Waals surface area contributed by atoms with E-state index in [9.17, 15) is 0 Å². The maximum Gasteiger partial charge on any atom is 0.320 e. The van der Waals surface area contributed by atoms with Gasteiger partial charge >= 0.3 is 6.01 Å². The van der Waals surface area contributed by atoms with E-state index in [0.717, 1.165) is 23.5 Å². The monoisotopic (exact) mass is 262 g/mol. The van der Waals surface area contributed by atoms with Gasteiger partial charge in [0.15, 0.2) is 0 Å². The van der Waals surface area contributed by atoms with E-state index in [0.29, 0.717) is 18.5 Å². The van der Waals surface area contributed by atoms with Gasteiger partial charge in [0.2, 0.25) is 5.89 Å². The maximum atomic E-state index is 5.47. The molecular formula is C13H18N4O2. The van der Waals surface area contributed by atoms with E-state index in [4.69, 9.17) is 9.15 Å². The highest BCUT2D eigenvalue weighted by atomic mass is 16.5. The van der Waals surface area contributed by atoms with E-state index in [1.807, 2.05) is 32.0 Å². The van der Waals surface area contributed by atoms with Gasteiger partial charge in [-0.3, -0.25) is 0 Å². The minimum atomic E-state index is 0.390. The van der Waals surface area contributed by atoms with Crippen LogP contribution in [0.3, 0.4) is 0 Å². The maximum absolute atomic E-state index is 5.47. The van der Waals surface area contributed by atoms with Gasteiger partial charge in [0, 0.05) is 5.69 Å². The summed E-state index contributed by atoms with van der Waals surface area (Å²) < 4.78 is 10.6. The lowest BCUT2D eigenvalue weighted by molar-refractivity contribution is 0.414. The van der Waals surface area contributed by atoms with Crippen LogP contribution in [0.5, 0.6) is 5.75 Å². The van der Waals surface area contributed by atoms with E-state index in [-0.39, 0.29) is 0 Å². The molecule has 6 nitrogen and oxygen atoms in total. The van der Waals surface area contributed by atoms with Crippen molar-refractivity contribution in [1.29, 1.82) is 0 Å². The van der Waals surface area contributed by atoms with Crippen molar-refractivity contribution in [3.63, 3.8) is 0 Å². The summed E-state index contributed by atoms with van der Waals surface area (Å²) in [4.78, 5) is 0. The van der Waals surface area contributed by atoms with E-state index in [1.54, 1.807) is 7.11 Å². The molecule has 2 N–H and O–H groups in total. The fourth-order valence-electron chi connectivity index (χ4n) is 1.63. The summed E-state index contributed by atoms with van der Waals surface area (Å²) in [5, 5.41) is 14.1. The van der Waals surface area contributed by atoms with Gasteiger partial charge in [-0.1, -0.05) is 12.0 Å². The zero-order valence-electron chi connectivity index (χ0n) is 11.4. The molecule has 0 atom stereocenters. The first-order valence-corrected chi connectivity index (χ1v) is 6.17. The molecule has 19 heavy (non-hydrogen) atoms. The van der Waals surface area contributed by atoms with Crippen molar-refractivity contribution in [2.75, 3.05) is 19.0 Å². The van der Waals surface area contributed by atoms with Crippen molar-refractivity contribution < 1.29 is 9.15 Å². The quantitative estimate of drug-likeness (QED) is 0.831. The molecule has 1 aromatic heterocycles.